The first kappa shape index (κ1) is 12.5. The molecule has 1 heterocycles. The molecule has 1 fully saturated rings. The van der Waals surface area contributed by atoms with E-state index in [2.05, 4.69) is 0 Å². The van der Waals surface area contributed by atoms with Crippen molar-refractivity contribution in [3.63, 3.8) is 0 Å². The van der Waals surface area contributed by atoms with Gasteiger partial charge in [-0.2, -0.15) is 0 Å². The monoisotopic (exact) mass is 230 g/mol. The van der Waals surface area contributed by atoms with Crippen molar-refractivity contribution >= 4 is 17.9 Å². The van der Waals surface area contributed by atoms with Crippen LogP contribution in [0.3, 0.4) is 0 Å². The van der Waals surface area contributed by atoms with E-state index in [0.717, 1.165) is 0 Å². The summed E-state index contributed by atoms with van der Waals surface area (Å²) in [6, 6.07) is 0. The topological polar surface area (TPSA) is 78.9 Å². The van der Waals surface area contributed by atoms with E-state index in [1.165, 1.54) is 13.8 Å². The van der Waals surface area contributed by atoms with Crippen LogP contribution in [-0.4, -0.2) is 36.7 Å². The Morgan fingerprint density at radius 3 is 2.50 bits per heavy atom. The van der Waals surface area contributed by atoms with Crippen molar-refractivity contribution in [1.29, 1.82) is 0 Å². The van der Waals surface area contributed by atoms with Crippen molar-refractivity contribution < 1.29 is 28.6 Å². The molecule has 0 aromatic heterocycles. The van der Waals surface area contributed by atoms with Gasteiger partial charge in [-0.1, -0.05) is 0 Å². The second-order valence-corrected chi connectivity index (χ2v) is 3.54. The lowest BCUT2D eigenvalue weighted by atomic mass is 10.1. The van der Waals surface area contributed by atoms with Gasteiger partial charge in [-0.15, -0.1) is 0 Å². The van der Waals surface area contributed by atoms with E-state index < -0.39 is 30.1 Å². The zero-order chi connectivity index (χ0) is 12.1. The molecule has 1 aliphatic rings. The second kappa shape index (κ2) is 5.48. The summed E-state index contributed by atoms with van der Waals surface area (Å²) in [6.45, 7) is 2.57. The number of hydrogen-bond donors (Lipinski definition) is 0. The Bertz CT molecular complexity index is 298. The predicted octanol–water partition coefficient (Wildman–Crippen LogP) is 0.187. The molecular weight excluding hydrogens is 216 g/mol. The van der Waals surface area contributed by atoms with Crippen molar-refractivity contribution in [2.75, 3.05) is 6.61 Å². The molecular formula is C10H14O6. The van der Waals surface area contributed by atoms with E-state index in [-0.39, 0.29) is 6.61 Å². The molecule has 6 nitrogen and oxygen atoms in total. The van der Waals surface area contributed by atoms with Crippen LogP contribution in [0.5, 0.6) is 0 Å². The molecule has 0 saturated carbocycles. The molecule has 0 aliphatic carbocycles. The van der Waals surface area contributed by atoms with Crippen LogP contribution in [-0.2, 0) is 28.6 Å². The summed E-state index contributed by atoms with van der Waals surface area (Å²) >= 11 is 0. The lowest BCUT2D eigenvalue weighted by Gasteiger charge is -2.27. The average Bonchev–Trinajstić information content (AvgIpc) is 2.18. The minimum atomic E-state index is -0.828. The standard InChI is InChI=1S/C10H14O6/c1-6(11)14-5-8-3-4-9(10(13)16-8)15-7(2)12/h8-9H,3-5H2,1-2H3. The zero-order valence-corrected chi connectivity index (χ0v) is 9.23. The summed E-state index contributed by atoms with van der Waals surface area (Å²) < 4.78 is 14.4. The first-order valence-corrected chi connectivity index (χ1v) is 5.00. The zero-order valence-electron chi connectivity index (χ0n) is 9.23. The highest BCUT2D eigenvalue weighted by molar-refractivity contribution is 5.79. The molecule has 2 atom stereocenters. The second-order valence-electron chi connectivity index (χ2n) is 3.54. The molecule has 16 heavy (non-hydrogen) atoms. The van der Waals surface area contributed by atoms with Crippen molar-refractivity contribution in [3.05, 3.63) is 0 Å². The van der Waals surface area contributed by atoms with Gasteiger partial charge in [0.15, 0.2) is 6.10 Å². The Morgan fingerprint density at radius 2 is 2.00 bits per heavy atom. The van der Waals surface area contributed by atoms with Gasteiger partial charge < -0.3 is 14.2 Å². The molecule has 0 N–H and O–H groups in total. The fraction of sp³-hybridized carbons (Fsp3) is 0.700. The Kier molecular flexibility index (Phi) is 4.28. The Hall–Kier alpha value is -1.59. The maximum atomic E-state index is 11.3. The molecule has 0 amide bonds. The molecule has 0 radical (unpaired) electrons. The number of rotatable bonds is 3. The summed E-state index contributed by atoms with van der Waals surface area (Å²) in [5, 5.41) is 0. The summed E-state index contributed by atoms with van der Waals surface area (Å²) in [4.78, 5) is 32.5. The molecule has 90 valence electrons. The highest BCUT2D eigenvalue weighted by Crippen LogP contribution is 2.18. The van der Waals surface area contributed by atoms with E-state index in [9.17, 15) is 14.4 Å². The first-order valence-electron chi connectivity index (χ1n) is 5.00. The number of ether oxygens (including phenoxy) is 3. The SMILES string of the molecule is CC(=O)OCC1CCC(OC(C)=O)C(=O)O1. The lowest BCUT2D eigenvalue weighted by molar-refractivity contribution is -0.181. The number of carbonyl (C=O) groups excluding carboxylic acids is 3. The van der Waals surface area contributed by atoms with E-state index in [4.69, 9.17) is 14.2 Å². The summed E-state index contributed by atoms with van der Waals surface area (Å²) in [6.07, 6.45) is -0.365. The van der Waals surface area contributed by atoms with Crippen LogP contribution in [0.4, 0.5) is 0 Å². The fourth-order valence-corrected chi connectivity index (χ4v) is 1.39. The van der Waals surface area contributed by atoms with Gasteiger partial charge in [-0.3, -0.25) is 9.59 Å². The van der Waals surface area contributed by atoms with Crippen LogP contribution < -0.4 is 0 Å². The Labute approximate surface area is 92.8 Å². The number of carbonyl (C=O) groups is 3. The summed E-state index contributed by atoms with van der Waals surface area (Å²) in [7, 11) is 0. The van der Waals surface area contributed by atoms with E-state index in [1.807, 2.05) is 0 Å². The van der Waals surface area contributed by atoms with Crippen LogP contribution in [0.2, 0.25) is 0 Å². The highest BCUT2D eigenvalue weighted by Gasteiger charge is 2.32. The van der Waals surface area contributed by atoms with E-state index in [0.29, 0.717) is 12.8 Å². The van der Waals surface area contributed by atoms with Crippen molar-refractivity contribution in [3.8, 4) is 0 Å². The third kappa shape index (κ3) is 3.88. The first-order chi connectivity index (χ1) is 7.49. The van der Waals surface area contributed by atoms with E-state index in [1.54, 1.807) is 0 Å². The Balaban J connectivity index is 2.36. The molecule has 2 unspecified atom stereocenters. The number of hydrogen-bond acceptors (Lipinski definition) is 6. The van der Waals surface area contributed by atoms with Crippen LogP contribution in [0.1, 0.15) is 26.7 Å². The van der Waals surface area contributed by atoms with Crippen LogP contribution in [0.15, 0.2) is 0 Å². The van der Waals surface area contributed by atoms with Crippen LogP contribution >= 0.6 is 0 Å². The molecule has 0 spiro atoms. The minimum absolute atomic E-state index is 0.0495. The highest BCUT2D eigenvalue weighted by atomic mass is 16.6. The van der Waals surface area contributed by atoms with Gasteiger partial charge in [0, 0.05) is 13.8 Å². The third-order valence-corrected chi connectivity index (χ3v) is 2.08. The van der Waals surface area contributed by atoms with Crippen LogP contribution in [0.25, 0.3) is 0 Å². The quantitative estimate of drug-likeness (QED) is 0.508. The molecule has 1 rings (SSSR count). The molecule has 0 aromatic rings. The summed E-state index contributed by atoms with van der Waals surface area (Å²) in [5.74, 6) is -1.52. The minimum Gasteiger partial charge on any atom is -0.462 e. The van der Waals surface area contributed by atoms with Gasteiger partial charge in [-0.25, -0.2) is 4.79 Å². The normalized spacial score (nSPS) is 24.5. The number of esters is 3. The van der Waals surface area contributed by atoms with Crippen molar-refractivity contribution in [1.82, 2.24) is 0 Å². The van der Waals surface area contributed by atoms with Gasteiger partial charge in [0.1, 0.15) is 12.7 Å². The van der Waals surface area contributed by atoms with Gasteiger partial charge >= 0.3 is 17.9 Å². The molecule has 0 aromatic carbocycles. The maximum absolute atomic E-state index is 11.3. The predicted molar refractivity (Wildman–Crippen MR) is 51.3 cm³/mol. The van der Waals surface area contributed by atoms with Gasteiger partial charge in [0.2, 0.25) is 0 Å². The molecule has 0 bridgehead atoms. The largest absolute Gasteiger partial charge is 0.462 e. The molecule has 6 heteroatoms. The third-order valence-electron chi connectivity index (χ3n) is 2.08. The maximum Gasteiger partial charge on any atom is 0.347 e. The fourth-order valence-electron chi connectivity index (χ4n) is 1.39. The molecule has 1 aliphatic heterocycles. The Morgan fingerprint density at radius 1 is 1.31 bits per heavy atom. The smallest absolute Gasteiger partial charge is 0.347 e. The van der Waals surface area contributed by atoms with Crippen molar-refractivity contribution in [2.24, 2.45) is 0 Å². The van der Waals surface area contributed by atoms with Crippen LogP contribution in [0, 0.1) is 0 Å². The van der Waals surface area contributed by atoms with Crippen molar-refractivity contribution in [2.45, 2.75) is 38.9 Å². The van der Waals surface area contributed by atoms with Gasteiger partial charge in [-0.05, 0) is 12.8 Å². The lowest BCUT2D eigenvalue weighted by Crippen LogP contribution is -2.39. The summed E-state index contributed by atoms with van der Waals surface area (Å²) in [5.41, 5.74) is 0. The average molecular weight is 230 g/mol. The van der Waals surface area contributed by atoms with Gasteiger partial charge in [0.05, 0.1) is 0 Å². The number of cyclic esters (lactones) is 1. The van der Waals surface area contributed by atoms with E-state index >= 15 is 0 Å². The molecule has 1 saturated heterocycles. The van der Waals surface area contributed by atoms with Gasteiger partial charge in [0.25, 0.3) is 0 Å².